The van der Waals surface area contributed by atoms with E-state index in [9.17, 15) is 4.79 Å². The number of alkyl halides is 2. The van der Waals surface area contributed by atoms with Crippen molar-refractivity contribution in [1.82, 2.24) is 0 Å². The molecule has 0 bridgehead atoms. The smallest absolute Gasteiger partial charge is 0.149 e. The van der Waals surface area contributed by atoms with Crippen LogP contribution in [0.4, 0.5) is 0 Å². The molecule has 0 N–H and O–H groups in total. The van der Waals surface area contributed by atoms with Crippen LogP contribution in [0, 0.1) is 0 Å². The Balaban J connectivity index is 2.39. The lowest BCUT2D eigenvalue weighted by Crippen LogP contribution is -2.23. The van der Waals surface area contributed by atoms with Crippen molar-refractivity contribution >= 4 is 60.8 Å². The van der Waals surface area contributed by atoms with Crippen LogP contribution >= 0.6 is 55.1 Å². The summed E-state index contributed by atoms with van der Waals surface area (Å²) in [6.07, 6.45) is 0. The Morgan fingerprint density at radius 1 is 0.818 bits per heavy atom. The van der Waals surface area contributed by atoms with E-state index in [0.717, 1.165) is 11.1 Å². The van der Waals surface area contributed by atoms with E-state index in [4.69, 9.17) is 23.2 Å². The van der Waals surface area contributed by atoms with Crippen molar-refractivity contribution < 1.29 is 4.79 Å². The van der Waals surface area contributed by atoms with Crippen molar-refractivity contribution in [3.8, 4) is 0 Å². The Bertz CT molecular complexity index is 605. The minimum absolute atomic E-state index is 0.0925. The van der Waals surface area contributed by atoms with Gasteiger partial charge in [-0.1, -0.05) is 91.5 Å². The molecule has 1 nitrogen and oxygen atoms in total. The van der Waals surface area contributed by atoms with Crippen LogP contribution in [0.2, 0.25) is 10.0 Å². The highest BCUT2D eigenvalue weighted by Gasteiger charge is 2.30. The van der Waals surface area contributed by atoms with Gasteiger partial charge in [0.2, 0.25) is 0 Å². The maximum absolute atomic E-state index is 13.0. The molecule has 2 unspecified atom stereocenters. The van der Waals surface area contributed by atoms with Gasteiger partial charge in [0, 0.05) is 20.7 Å². The molecule has 0 fully saturated rings. The van der Waals surface area contributed by atoms with Gasteiger partial charge in [-0.2, -0.15) is 0 Å². The first-order chi connectivity index (χ1) is 10.6. The van der Waals surface area contributed by atoms with Crippen molar-refractivity contribution in [2.75, 3.05) is 10.7 Å². The average molecular weight is 465 g/mol. The fraction of sp³-hybridized carbons (Fsp3) is 0.235. The zero-order valence-corrected chi connectivity index (χ0v) is 16.3. The number of benzene rings is 2. The Morgan fingerprint density at radius 3 is 1.50 bits per heavy atom. The van der Waals surface area contributed by atoms with Crippen LogP contribution < -0.4 is 0 Å². The van der Waals surface area contributed by atoms with E-state index in [1.54, 1.807) is 12.1 Å². The summed E-state index contributed by atoms with van der Waals surface area (Å²) in [6.45, 7) is 0. The van der Waals surface area contributed by atoms with Crippen molar-refractivity contribution in [3.05, 3.63) is 69.7 Å². The molecule has 116 valence electrons. The van der Waals surface area contributed by atoms with E-state index in [1.807, 2.05) is 36.4 Å². The summed E-state index contributed by atoms with van der Waals surface area (Å²) < 4.78 is 0. The molecule has 22 heavy (non-hydrogen) atoms. The normalized spacial score (nSPS) is 13.6. The molecular weight excluding hydrogens is 451 g/mol. The van der Waals surface area contributed by atoms with Gasteiger partial charge in [-0.3, -0.25) is 4.79 Å². The van der Waals surface area contributed by atoms with Crippen LogP contribution in [0.25, 0.3) is 0 Å². The first kappa shape index (κ1) is 18.0. The SMILES string of the molecule is O=C(C(CBr)c1ccccc1Cl)C(CBr)c1ccccc1Cl. The molecule has 0 aliphatic carbocycles. The zero-order chi connectivity index (χ0) is 16.1. The monoisotopic (exact) mass is 462 g/mol. The van der Waals surface area contributed by atoms with Crippen LogP contribution in [-0.4, -0.2) is 16.4 Å². The number of ketones is 1. The molecule has 0 spiro atoms. The third kappa shape index (κ3) is 3.94. The first-order valence-electron chi connectivity index (χ1n) is 6.74. The lowest BCUT2D eigenvalue weighted by Gasteiger charge is -2.22. The van der Waals surface area contributed by atoms with E-state index in [1.165, 1.54) is 0 Å². The number of halogens is 4. The number of Topliss-reactive ketones (excluding diaryl/α,β-unsaturated/α-hetero) is 1. The van der Waals surface area contributed by atoms with Gasteiger partial charge in [-0.25, -0.2) is 0 Å². The number of rotatable bonds is 6. The molecule has 2 rings (SSSR count). The van der Waals surface area contributed by atoms with Crippen molar-refractivity contribution in [3.63, 3.8) is 0 Å². The van der Waals surface area contributed by atoms with Crippen molar-refractivity contribution in [2.45, 2.75) is 11.8 Å². The molecule has 0 aliphatic heterocycles. The highest BCUT2D eigenvalue weighted by atomic mass is 79.9. The molecule has 2 atom stereocenters. The van der Waals surface area contributed by atoms with Crippen LogP contribution in [0.3, 0.4) is 0 Å². The molecule has 0 radical (unpaired) electrons. The predicted octanol–water partition coefficient (Wildman–Crippen LogP) is 6.22. The maximum Gasteiger partial charge on any atom is 0.149 e. The molecule has 0 aliphatic rings. The Morgan fingerprint density at radius 2 is 1.18 bits per heavy atom. The molecule has 0 saturated heterocycles. The molecule has 0 aromatic heterocycles. The Hall–Kier alpha value is -0.350. The Labute approximate surface area is 157 Å². The van der Waals surface area contributed by atoms with Gasteiger partial charge in [-0.05, 0) is 23.3 Å². The zero-order valence-electron chi connectivity index (χ0n) is 11.6. The second kappa shape index (κ2) is 8.49. The summed E-state index contributed by atoms with van der Waals surface area (Å²) in [6, 6.07) is 14.9. The van der Waals surface area contributed by atoms with E-state index >= 15 is 0 Å². The van der Waals surface area contributed by atoms with Gasteiger partial charge in [0.05, 0.1) is 11.8 Å². The topological polar surface area (TPSA) is 17.1 Å². The average Bonchev–Trinajstić information content (AvgIpc) is 2.52. The van der Waals surface area contributed by atoms with Crippen LogP contribution in [0.1, 0.15) is 23.0 Å². The standard InChI is InChI=1S/C17H14Br2Cl2O/c18-9-13(11-5-1-3-7-15(11)20)17(22)14(10-19)12-6-2-4-8-16(12)21/h1-8,13-14H,9-10H2. The van der Waals surface area contributed by atoms with Gasteiger partial charge >= 0.3 is 0 Å². The minimum Gasteiger partial charge on any atom is -0.298 e. The summed E-state index contributed by atoms with van der Waals surface area (Å²) in [5.74, 6) is -0.532. The van der Waals surface area contributed by atoms with Gasteiger partial charge in [-0.15, -0.1) is 0 Å². The maximum atomic E-state index is 13.0. The molecule has 0 amide bonds. The highest BCUT2D eigenvalue weighted by Crippen LogP contribution is 2.35. The largest absolute Gasteiger partial charge is 0.298 e. The van der Waals surface area contributed by atoms with Crippen LogP contribution in [0.5, 0.6) is 0 Å². The minimum atomic E-state index is -0.312. The van der Waals surface area contributed by atoms with E-state index in [2.05, 4.69) is 31.9 Å². The van der Waals surface area contributed by atoms with Crippen molar-refractivity contribution in [1.29, 1.82) is 0 Å². The summed E-state index contributed by atoms with van der Waals surface area (Å²) in [4.78, 5) is 13.0. The van der Waals surface area contributed by atoms with Gasteiger partial charge in [0.1, 0.15) is 5.78 Å². The van der Waals surface area contributed by atoms with Gasteiger partial charge < -0.3 is 0 Å². The third-order valence-corrected chi connectivity index (χ3v) is 5.54. The lowest BCUT2D eigenvalue weighted by atomic mass is 9.85. The lowest BCUT2D eigenvalue weighted by molar-refractivity contribution is -0.121. The first-order valence-corrected chi connectivity index (χ1v) is 9.74. The molecule has 2 aromatic rings. The highest BCUT2D eigenvalue weighted by molar-refractivity contribution is 9.09. The van der Waals surface area contributed by atoms with Gasteiger partial charge in [0.15, 0.2) is 0 Å². The summed E-state index contributed by atoms with van der Waals surface area (Å²) in [5, 5.41) is 2.24. The number of carbonyl (C=O) groups excluding carboxylic acids is 1. The quantitative estimate of drug-likeness (QED) is 0.464. The summed E-state index contributed by atoms with van der Waals surface area (Å²) in [7, 11) is 0. The van der Waals surface area contributed by atoms with Crippen LogP contribution in [0.15, 0.2) is 48.5 Å². The summed E-state index contributed by atoms with van der Waals surface area (Å²) in [5.41, 5.74) is 1.67. The molecule has 2 aromatic carbocycles. The second-order valence-electron chi connectivity index (χ2n) is 4.86. The Kier molecular flexibility index (Phi) is 6.94. The number of hydrogen-bond donors (Lipinski definition) is 0. The molecule has 5 heteroatoms. The van der Waals surface area contributed by atoms with E-state index in [0.29, 0.717) is 20.7 Å². The number of hydrogen-bond acceptors (Lipinski definition) is 1. The number of carbonyl (C=O) groups is 1. The van der Waals surface area contributed by atoms with Gasteiger partial charge in [0.25, 0.3) is 0 Å². The molecule has 0 saturated carbocycles. The second-order valence-corrected chi connectivity index (χ2v) is 6.97. The summed E-state index contributed by atoms with van der Waals surface area (Å²) >= 11 is 19.4. The molecular formula is C17H14Br2Cl2O. The third-order valence-electron chi connectivity index (χ3n) is 3.56. The fourth-order valence-electron chi connectivity index (χ4n) is 2.38. The van der Waals surface area contributed by atoms with E-state index < -0.39 is 0 Å². The van der Waals surface area contributed by atoms with Crippen molar-refractivity contribution in [2.24, 2.45) is 0 Å². The van der Waals surface area contributed by atoms with E-state index in [-0.39, 0.29) is 17.6 Å². The fourth-order valence-corrected chi connectivity index (χ4v) is 4.25. The molecule has 0 heterocycles. The predicted molar refractivity (Wildman–Crippen MR) is 101 cm³/mol. The van der Waals surface area contributed by atoms with Crippen LogP contribution in [-0.2, 0) is 4.79 Å².